The van der Waals surface area contributed by atoms with Crippen molar-refractivity contribution in [3.63, 3.8) is 0 Å². The zero-order valence-electron chi connectivity index (χ0n) is 10.2. The predicted molar refractivity (Wildman–Crippen MR) is 70.0 cm³/mol. The van der Waals surface area contributed by atoms with Crippen LogP contribution >= 0.6 is 11.3 Å². The molecule has 1 aromatic heterocycles. The fraction of sp³-hybridized carbons (Fsp3) is 0.615. The minimum absolute atomic E-state index is 0.0875. The zero-order chi connectivity index (χ0) is 11.8. The Morgan fingerprint density at radius 2 is 2.19 bits per heavy atom. The van der Waals surface area contributed by atoms with E-state index in [4.69, 9.17) is 0 Å². The van der Waals surface area contributed by atoms with E-state index in [0.717, 1.165) is 24.1 Å². The molecule has 0 aliphatic heterocycles. The fourth-order valence-electron chi connectivity index (χ4n) is 1.75. The number of rotatable bonds is 7. The molecule has 1 N–H and O–H groups in total. The topological polar surface area (TPSA) is 29.1 Å². The number of thiophene rings is 1. The van der Waals surface area contributed by atoms with Crippen molar-refractivity contribution in [2.24, 2.45) is 0 Å². The Hall–Kier alpha value is -0.830. The van der Waals surface area contributed by atoms with E-state index in [2.05, 4.69) is 19.2 Å². The summed E-state index contributed by atoms with van der Waals surface area (Å²) in [4.78, 5) is 12.7. The maximum Gasteiger partial charge on any atom is 0.261 e. The molecule has 0 spiro atoms. The van der Waals surface area contributed by atoms with Crippen LogP contribution in [0, 0.1) is 0 Å². The third-order valence-corrected chi connectivity index (χ3v) is 3.49. The van der Waals surface area contributed by atoms with Crippen molar-refractivity contribution >= 4 is 17.2 Å². The molecule has 0 bridgehead atoms. The Labute approximate surface area is 102 Å². The van der Waals surface area contributed by atoms with Crippen molar-refractivity contribution in [2.75, 3.05) is 0 Å². The SMILES string of the molecule is CCCCC(CCC)NC(=O)c1cccs1. The van der Waals surface area contributed by atoms with Crippen LogP contribution in [0.2, 0.25) is 0 Å². The second kappa shape index (κ2) is 7.44. The third kappa shape index (κ3) is 4.35. The number of hydrogen-bond acceptors (Lipinski definition) is 2. The molecule has 1 heterocycles. The summed E-state index contributed by atoms with van der Waals surface area (Å²) >= 11 is 1.50. The first-order valence-electron chi connectivity index (χ1n) is 6.12. The number of amides is 1. The first-order chi connectivity index (χ1) is 7.77. The molecular weight excluding hydrogens is 218 g/mol. The summed E-state index contributed by atoms with van der Waals surface area (Å²) in [6.45, 7) is 4.35. The summed E-state index contributed by atoms with van der Waals surface area (Å²) in [7, 11) is 0. The normalized spacial score (nSPS) is 12.4. The Morgan fingerprint density at radius 1 is 1.38 bits per heavy atom. The number of nitrogens with one attached hydrogen (secondary N) is 1. The molecule has 0 aliphatic rings. The minimum atomic E-state index is 0.0875. The molecule has 0 aliphatic carbocycles. The van der Waals surface area contributed by atoms with Gasteiger partial charge in [0.1, 0.15) is 0 Å². The molecule has 16 heavy (non-hydrogen) atoms. The molecule has 0 fully saturated rings. The highest BCUT2D eigenvalue weighted by Gasteiger charge is 2.12. The Bertz CT molecular complexity index is 295. The highest BCUT2D eigenvalue weighted by molar-refractivity contribution is 7.12. The van der Waals surface area contributed by atoms with E-state index in [-0.39, 0.29) is 5.91 Å². The summed E-state index contributed by atoms with van der Waals surface area (Å²) < 4.78 is 0. The van der Waals surface area contributed by atoms with Crippen molar-refractivity contribution in [3.05, 3.63) is 22.4 Å². The van der Waals surface area contributed by atoms with Gasteiger partial charge in [0.05, 0.1) is 4.88 Å². The maximum atomic E-state index is 11.9. The van der Waals surface area contributed by atoms with Crippen molar-refractivity contribution in [1.82, 2.24) is 5.32 Å². The predicted octanol–water partition coefficient (Wildman–Crippen LogP) is 3.84. The third-order valence-electron chi connectivity index (χ3n) is 2.62. The molecule has 0 saturated carbocycles. The van der Waals surface area contributed by atoms with Gasteiger partial charge in [0.15, 0.2) is 0 Å². The number of hydrogen-bond donors (Lipinski definition) is 1. The van der Waals surface area contributed by atoms with E-state index < -0.39 is 0 Å². The molecular formula is C13H21NOS. The van der Waals surface area contributed by atoms with Gasteiger partial charge >= 0.3 is 0 Å². The summed E-state index contributed by atoms with van der Waals surface area (Å²) in [6, 6.07) is 4.14. The number of carbonyl (C=O) groups is 1. The van der Waals surface area contributed by atoms with E-state index in [1.807, 2.05) is 17.5 Å². The molecule has 0 saturated heterocycles. The van der Waals surface area contributed by atoms with Crippen LogP contribution in [0.15, 0.2) is 17.5 Å². The van der Waals surface area contributed by atoms with Crippen LogP contribution in [-0.2, 0) is 0 Å². The smallest absolute Gasteiger partial charge is 0.261 e. The minimum Gasteiger partial charge on any atom is -0.349 e. The van der Waals surface area contributed by atoms with Crippen LogP contribution in [0.3, 0.4) is 0 Å². The lowest BCUT2D eigenvalue weighted by atomic mass is 10.1. The Kier molecular flexibility index (Phi) is 6.16. The van der Waals surface area contributed by atoms with Gasteiger partial charge in [-0.05, 0) is 24.3 Å². The molecule has 1 rings (SSSR count). The van der Waals surface area contributed by atoms with Crippen LogP contribution in [0.4, 0.5) is 0 Å². The van der Waals surface area contributed by atoms with Crippen molar-refractivity contribution in [1.29, 1.82) is 0 Å². The summed E-state index contributed by atoms with van der Waals surface area (Å²) in [6.07, 6.45) is 5.68. The second-order valence-corrected chi connectivity index (χ2v) is 5.03. The van der Waals surface area contributed by atoms with Crippen LogP contribution in [0.25, 0.3) is 0 Å². The molecule has 1 aromatic rings. The molecule has 3 heteroatoms. The highest BCUT2D eigenvalue weighted by Crippen LogP contribution is 2.11. The standard InChI is InChI=1S/C13H21NOS/c1-3-5-8-11(7-4-2)14-13(15)12-9-6-10-16-12/h6,9-11H,3-5,7-8H2,1-2H3,(H,14,15). The summed E-state index contributed by atoms with van der Waals surface area (Å²) in [5.74, 6) is 0.0875. The van der Waals surface area contributed by atoms with Crippen molar-refractivity contribution in [3.8, 4) is 0 Å². The molecule has 1 atom stereocenters. The van der Waals surface area contributed by atoms with E-state index >= 15 is 0 Å². The van der Waals surface area contributed by atoms with Crippen molar-refractivity contribution < 1.29 is 4.79 Å². The lowest BCUT2D eigenvalue weighted by Crippen LogP contribution is -2.34. The quantitative estimate of drug-likeness (QED) is 0.769. The van der Waals surface area contributed by atoms with Gasteiger partial charge < -0.3 is 5.32 Å². The van der Waals surface area contributed by atoms with E-state index in [0.29, 0.717) is 6.04 Å². The zero-order valence-corrected chi connectivity index (χ0v) is 11.0. The van der Waals surface area contributed by atoms with E-state index in [1.54, 1.807) is 0 Å². The van der Waals surface area contributed by atoms with E-state index in [1.165, 1.54) is 24.2 Å². The van der Waals surface area contributed by atoms with Gasteiger partial charge in [-0.1, -0.05) is 39.2 Å². The molecule has 0 aromatic carbocycles. The fourth-order valence-corrected chi connectivity index (χ4v) is 2.38. The van der Waals surface area contributed by atoms with Gasteiger partial charge in [-0.3, -0.25) is 4.79 Å². The first-order valence-corrected chi connectivity index (χ1v) is 7.00. The molecule has 0 radical (unpaired) electrons. The van der Waals surface area contributed by atoms with Gasteiger partial charge in [-0.2, -0.15) is 0 Å². The monoisotopic (exact) mass is 239 g/mol. The first kappa shape index (κ1) is 13.2. The van der Waals surface area contributed by atoms with Gasteiger partial charge in [-0.25, -0.2) is 0 Å². The maximum absolute atomic E-state index is 11.9. The summed E-state index contributed by atoms with van der Waals surface area (Å²) in [5, 5.41) is 5.07. The second-order valence-electron chi connectivity index (χ2n) is 4.08. The van der Waals surface area contributed by atoms with Gasteiger partial charge in [-0.15, -0.1) is 11.3 Å². The molecule has 1 unspecified atom stereocenters. The molecule has 2 nitrogen and oxygen atoms in total. The average Bonchev–Trinajstić information content (AvgIpc) is 2.79. The number of carbonyl (C=O) groups excluding carboxylic acids is 1. The van der Waals surface area contributed by atoms with Crippen LogP contribution in [-0.4, -0.2) is 11.9 Å². The lowest BCUT2D eigenvalue weighted by molar-refractivity contribution is 0.0936. The highest BCUT2D eigenvalue weighted by atomic mass is 32.1. The summed E-state index contributed by atoms with van der Waals surface area (Å²) in [5.41, 5.74) is 0. The largest absolute Gasteiger partial charge is 0.349 e. The average molecular weight is 239 g/mol. The number of unbranched alkanes of at least 4 members (excludes halogenated alkanes) is 1. The molecule has 90 valence electrons. The lowest BCUT2D eigenvalue weighted by Gasteiger charge is -2.17. The van der Waals surface area contributed by atoms with Gasteiger partial charge in [0.2, 0.25) is 0 Å². The Morgan fingerprint density at radius 3 is 2.75 bits per heavy atom. The Balaban J connectivity index is 2.44. The van der Waals surface area contributed by atoms with E-state index in [9.17, 15) is 4.79 Å². The van der Waals surface area contributed by atoms with Gasteiger partial charge in [0.25, 0.3) is 5.91 Å². The van der Waals surface area contributed by atoms with Crippen LogP contribution in [0.5, 0.6) is 0 Å². The van der Waals surface area contributed by atoms with Crippen LogP contribution < -0.4 is 5.32 Å². The van der Waals surface area contributed by atoms with Gasteiger partial charge in [0, 0.05) is 6.04 Å². The van der Waals surface area contributed by atoms with Crippen molar-refractivity contribution in [2.45, 2.75) is 52.0 Å². The molecule has 1 amide bonds. The van der Waals surface area contributed by atoms with Crippen LogP contribution in [0.1, 0.15) is 55.6 Å².